The van der Waals surface area contributed by atoms with Crippen molar-refractivity contribution < 1.29 is 39.9 Å². The predicted molar refractivity (Wildman–Crippen MR) is 136 cm³/mol. The maximum atomic E-state index is 14.0. The van der Waals surface area contributed by atoms with Crippen LogP contribution < -0.4 is 10.6 Å². The van der Waals surface area contributed by atoms with E-state index in [0.717, 1.165) is 32.4 Å². The number of primary amides is 1. The van der Waals surface area contributed by atoms with Gasteiger partial charge >= 0.3 is 0 Å². The molecular formula is C27H33N3O8. The fraction of sp³-hybridized carbons (Fsp3) is 0.519. The van der Waals surface area contributed by atoms with E-state index in [0.29, 0.717) is 11.3 Å². The highest BCUT2D eigenvalue weighted by atomic mass is 16.4. The summed E-state index contributed by atoms with van der Waals surface area (Å²) in [6.45, 7) is 3.15. The second-order valence-electron chi connectivity index (χ2n) is 11.0. The molecule has 204 valence electrons. The number of hydrogen-bond donors (Lipinski definition) is 6. The molecule has 6 atom stereocenters. The summed E-state index contributed by atoms with van der Waals surface area (Å²) in [6, 6.07) is 2.12. The van der Waals surface area contributed by atoms with E-state index in [4.69, 9.17) is 5.73 Å². The normalized spacial score (nSPS) is 33.3. The van der Waals surface area contributed by atoms with E-state index in [1.165, 1.54) is 19.0 Å². The molecule has 1 aliphatic heterocycles. The van der Waals surface area contributed by atoms with E-state index in [1.54, 1.807) is 19.1 Å². The molecule has 5 rings (SSSR count). The Morgan fingerprint density at radius 2 is 1.74 bits per heavy atom. The number of amides is 1. The number of hydrogen-bond acceptors (Lipinski definition) is 10. The molecule has 1 saturated carbocycles. The molecule has 1 aromatic carbocycles. The number of fused-ring (bicyclic) bond motifs is 3. The number of rotatable bonds is 3. The zero-order chi connectivity index (χ0) is 27.8. The van der Waals surface area contributed by atoms with Gasteiger partial charge < -0.3 is 36.2 Å². The highest BCUT2D eigenvalue weighted by Crippen LogP contribution is 2.57. The zero-order valence-electron chi connectivity index (χ0n) is 21.5. The number of likely N-dealkylation sites (N-methyl/N-ethyl adjacent to an activating group) is 1. The summed E-state index contributed by atoms with van der Waals surface area (Å²) in [6.07, 6.45) is 1.36. The minimum absolute atomic E-state index is 0.0177. The average Bonchev–Trinajstić information content (AvgIpc) is 2.86. The molecule has 0 radical (unpaired) electrons. The fourth-order valence-electron chi connectivity index (χ4n) is 7.00. The Bertz CT molecular complexity index is 1310. The number of aliphatic hydroxyl groups excluding tert-OH is 3. The molecule has 0 spiro atoms. The minimum Gasteiger partial charge on any atom is -0.508 e. The Morgan fingerprint density at radius 3 is 2.32 bits per heavy atom. The molecule has 1 saturated heterocycles. The minimum atomic E-state index is -2.91. The van der Waals surface area contributed by atoms with E-state index in [2.05, 4.69) is 0 Å². The quantitative estimate of drug-likeness (QED) is 0.302. The van der Waals surface area contributed by atoms with Crippen molar-refractivity contribution >= 4 is 28.9 Å². The van der Waals surface area contributed by atoms with Gasteiger partial charge in [0.2, 0.25) is 5.78 Å². The summed E-state index contributed by atoms with van der Waals surface area (Å²) < 4.78 is 0. The van der Waals surface area contributed by atoms with Gasteiger partial charge in [-0.15, -0.1) is 0 Å². The number of nitrogens with zero attached hydrogens (tertiary/aromatic N) is 2. The number of phenolic OH excluding ortho intramolecular Hbond substituents is 1. The molecule has 0 aromatic heterocycles. The molecule has 4 aliphatic rings. The molecule has 0 bridgehead atoms. The van der Waals surface area contributed by atoms with Crippen LogP contribution in [0.3, 0.4) is 0 Å². The number of anilines is 1. The average molecular weight is 528 g/mol. The first kappa shape index (κ1) is 26.2. The van der Waals surface area contributed by atoms with Gasteiger partial charge in [-0.3, -0.25) is 19.3 Å². The largest absolute Gasteiger partial charge is 0.508 e. The number of benzene rings is 1. The van der Waals surface area contributed by atoms with Crippen molar-refractivity contribution in [3.8, 4) is 5.75 Å². The predicted octanol–water partition coefficient (Wildman–Crippen LogP) is 0.486. The number of aromatic hydroxyl groups is 1. The second-order valence-corrected chi connectivity index (χ2v) is 11.0. The molecular weight excluding hydrogens is 494 g/mol. The van der Waals surface area contributed by atoms with Gasteiger partial charge in [0.05, 0.1) is 29.3 Å². The number of aliphatic hydroxyl groups is 4. The van der Waals surface area contributed by atoms with Gasteiger partial charge in [0.1, 0.15) is 22.8 Å². The second kappa shape index (κ2) is 8.82. The molecule has 1 aromatic rings. The maximum absolute atomic E-state index is 14.0. The summed E-state index contributed by atoms with van der Waals surface area (Å²) in [5.74, 6) is -8.77. The van der Waals surface area contributed by atoms with Crippen LogP contribution in [0.5, 0.6) is 5.75 Å². The van der Waals surface area contributed by atoms with Crippen LogP contribution in [0.15, 0.2) is 29.0 Å². The molecule has 11 heteroatoms. The number of nitrogens with two attached hydrogens (primary N) is 1. The van der Waals surface area contributed by atoms with Crippen molar-refractivity contribution in [2.45, 2.75) is 49.9 Å². The third kappa shape index (κ3) is 3.28. The third-order valence-corrected chi connectivity index (χ3v) is 8.80. The Balaban J connectivity index is 1.75. The van der Waals surface area contributed by atoms with E-state index in [1.807, 2.05) is 4.90 Å². The lowest BCUT2D eigenvalue weighted by atomic mass is 9.54. The summed E-state index contributed by atoms with van der Waals surface area (Å²) in [7, 11) is 2.95. The number of carbonyl (C=O) groups is 3. The summed E-state index contributed by atoms with van der Waals surface area (Å²) in [5.41, 5.74) is 2.12. The van der Waals surface area contributed by atoms with Crippen LogP contribution >= 0.6 is 0 Å². The van der Waals surface area contributed by atoms with Crippen molar-refractivity contribution in [2.75, 3.05) is 32.1 Å². The topological polar surface area (TPSA) is 185 Å². The summed E-state index contributed by atoms with van der Waals surface area (Å²) in [5, 5.41) is 57.1. The molecule has 11 nitrogen and oxygen atoms in total. The molecule has 0 unspecified atom stereocenters. The van der Waals surface area contributed by atoms with Gasteiger partial charge in [-0.1, -0.05) is 13.0 Å². The van der Waals surface area contributed by atoms with Crippen LogP contribution in [0.1, 0.15) is 43.2 Å². The molecule has 7 N–H and O–H groups in total. The first-order valence-electron chi connectivity index (χ1n) is 12.8. The lowest BCUT2D eigenvalue weighted by Crippen LogP contribution is -2.70. The Kier molecular flexibility index (Phi) is 6.08. The van der Waals surface area contributed by atoms with Crippen LogP contribution in [0.25, 0.3) is 5.76 Å². The van der Waals surface area contributed by atoms with Crippen molar-refractivity contribution in [3.05, 3.63) is 40.2 Å². The smallest absolute Gasteiger partial charge is 0.255 e. The molecule has 2 fully saturated rings. The monoisotopic (exact) mass is 527 g/mol. The molecule has 1 amide bonds. The van der Waals surface area contributed by atoms with Crippen LogP contribution in [0.4, 0.5) is 5.69 Å². The lowest BCUT2D eigenvalue weighted by molar-refractivity contribution is -0.169. The summed E-state index contributed by atoms with van der Waals surface area (Å²) in [4.78, 5) is 42.7. The first-order chi connectivity index (χ1) is 17.8. The number of ketones is 2. The Morgan fingerprint density at radius 1 is 1.11 bits per heavy atom. The van der Waals surface area contributed by atoms with Crippen molar-refractivity contribution in [3.63, 3.8) is 0 Å². The van der Waals surface area contributed by atoms with Gasteiger partial charge in [-0.05, 0) is 50.9 Å². The molecule has 1 heterocycles. The fourth-order valence-corrected chi connectivity index (χ4v) is 7.00. The van der Waals surface area contributed by atoms with Crippen LogP contribution in [-0.2, 0) is 14.4 Å². The highest BCUT2D eigenvalue weighted by Gasteiger charge is 2.68. The van der Waals surface area contributed by atoms with Crippen LogP contribution in [-0.4, -0.2) is 92.8 Å². The van der Waals surface area contributed by atoms with Gasteiger partial charge in [0.15, 0.2) is 11.4 Å². The SMILES string of the molecule is C[C@@H]1c2ccc(N3CCCCC3)c(O)c2C(O)=C2C(=O)[C@]3(O)C(O)=C(C(N)=O)C(=O)[C@@H](N(C)C)[C@@H]3[C@@H](O)[C@@H]21. The van der Waals surface area contributed by atoms with E-state index < -0.39 is 70.1 Å². The van der Waals surface area contributed by atoms with E-state index >= 15 is 0 Å². The molecule has 38 heavy (non-hydrogen) atoms. The maximum Gasteiger partial charge on any atom is 0.255 e. The lowest BCUT2D eigenvalue weighted by Gasteiger charge is -2.53. The number of carbonyl (C=O) groups excluding carboxylic acids is 3. The standard InChI is InChI=1S/C27H33N3O8/c1-11-12-7-8-13(30-9-5-4-6-10-30)20(31)15(12)21(32)16-14(11)22(33)18-19(29(2)3)23(34)17(26(28)37)25(36)27(18,38)24(16)35/h7-8,11,14,18-19,22,31-33,36,38H,4-6,9-10H2,1-3H3,(H2,28,37)/t11-,14-,18-,19+,22+,27+/m1/s1. The highest BCUT2D eigenvalue weighted by molar-refractivity contribution is 6.24. The number of Topliss-reactive ketones (excluding diaryl/α,β-unsaturated/α-hetero) is 2. The van der Waals surface area contributed by atoms with Crippen molar-refractivity contribution in [2.24, 2.45) is 17.6 Å². The first-order valence-corrected chi connectivity index (χ1v) is 12.8. The van der Waals surface area contributed by atoms with Gasteiger partial charge in [-0.2, -0.15) is 0 Å². The van der Waals surface area contributed by atoms with Gasteiger partial charge in [0, 0.05) is 24.6 Å². The van der Waals surface area contributed by atoms with Gasteiger partial charge in [0.25, 0.3) is 5.91 Å². The van der Waals surface area contributed by atoms with Gasteiger partial charge in [-0.25, -0.2) is 0 Å². The Labute approximate surface area is 219 Å². The van der Waals surface area contributed by atoms with Crippen LogP contribution in [0.2, 0.25) is 0 Å². The number of piperidine rings is 1. The van der Waals surface area contributed by atoms with Crippen molar-refractivity contribution in [1.29, 1.82) is 0 Å². The third-order valence-electron chi connectivity index (χ3n) is 8.80. The Hall–Kier alpha value is -3.41. The summed E-state index contributed by atoms with van der Waals surface area (Å²) >= 11 is 0. The molecule has 3 aliphatic carbocycles. The number of phenols is 1. The van der Waals surface area contributed by atoms with E-state index in [-0.39, 0.29) is 16.9 Å². The zero-order valence-corrected chi connectivity index (χ0v) is 21.5. The van der Waals surface area contributed by atoms with Crippen LogP contribution in [0, 0.1) is 11.8 Å². The van der Waals surface area contributed by atoms with E-state index in [9.17, 15) is 39.9 Å². The van der Waals surface area contributed by atoms with Crippen molar-refractivity contribution in [1.82, 2.24) is 4.90 Å².